The molecule has 3 rings (SSSR count). The van der Waals surface area contributed by atoms with Crippen LogP contribution in [0, 0.1) is 5.82 Å². The summed E-state index contributed by atoms with van der Waals surface area (Å²) >= 11 is 0. The molecule has 0 saturated heterocycles. The molecular formula is C21H25FN4. The van der Waals surface area contributed by atoms with Crippen LogP contribution in [0.3, 0.4) is 0 Å². The molecule has 1 aromatic carbocycles. The Hall–Kier alpha value is -2.69. The van der Waals surface area contributed by atoms with Gasteiger partial charge in [0.25, 0.3) is 0 Å². The van der Waals surface area contributed by atoms with Gasteiger partial charge >= 0.3 is 0 Å². The molecule has 0 saturated carbocycles. The van der Waals surface area contributed by atoms with Crippen LogP contribution in [0.4, 0.5) is 16.0 Å². The van der Waals surface area contributed by atoms with E-state index in [0.29, 0.717) is 11.3 Å². The zero-order valence-corrected chi connectivity index (χ0v) is 15.8. The molecule has 0 radical (unpaired) electrons. The second kappa shape index (κ2) is 7.28. The van der Waals surface area contributed by atoms with Gasteiger partial charge in [-0.05, 0) is 57.5 Å². The Labute approximate surface area is 153 Å². The summed E-state index contributed by atoms with van der Waals surface area (Å²) < 4.78 is 13.7. The quantitative estimate of drug-likeness (QED) is 0.715. The monoisotopic (exact) mass is 352 g/mol. The van der Waals surface area contributed by atoms with Crippen LogP contribution in [0.5, 0.6) is 0 Å². The number of nitrogen functional groups attached to an aromatic ring is 1. The summed E-state index contributed by atoms with van der Waals surface area (Å²) in [5, 5.41) is 0.906. The number of anilines is 2. The maximum Gasteiger partial charge on any atom is 0.137 e. The zero-order chi connectivity index (χ0) is 18.8. The van der Waals surface area contributed by atoms with E-state index in [1.807, 2.05) is 12.1 Å². The normalized spacial score (nSPS) is 11.3. The molecule has 0 unspecified atom stereocenters. The first-order chi connectivity index (χ1) is 12.4. The molecular weight excluding hydrogens is 327 g/mol. The number of nitrogens with zero attached hydrogens (tertiary/aromatic N) is 3. The van der Waals surface area contributed by atoms with E-state index in [0.717, 1.165) is 41.0 Å². The number of aryl methyl sites for hydroxylation is 1. The van der Waals surface area contributed by atoms with E-state index in [1.54, 1.807) is 6.07 Å². The van der Waals surface area contributed by atoms with Crippen LogP contribution in [0.15, 0.2) is 36.4 Å². The average Bonchev–Trinajstić information content (AvgIpc) is 2.61. The number of fused-ring (bicyclic) bond motifs is 1. The van der Waals surface area contributed by atoms with Crippen molar-refractivity contribution in [2.45, 2.75) is 40.2 Å². The van der Waals surface area contributed by atoms with E-state index in [1.165, 1.54) is 12.1 Å². The van der Waals surface area contributed by atoms with Crippen LogP contribution < -0.4 is 10.6 Å². The molecule has 0 fully saturated rings. The van der Waals surface area contributed by atoms with Crippen molar-refractivity contribution in [3.05, 3.63) is 47.9 Å². The lowest BCUT2D eigenvalue weighted by molar-refractivity contribution is 0.629. The predicted molar refractivity (Wildman–Crippen MR) is 107 cm³/mol. The largest absolute Gasteiger partial charge is 0.384 e. The van der Waals surface area contributed by atoms with Gasteiger partial charge in [-0.1, -0.05) is 6.92 Å². The smallest absolute Gasteiger partial charge is 0.137 e. The van der Waals surface area contributed by atoms with Crippen molar-refractivity contribution < 1.29 is 4.39 Å². The zero-order valence-electron chi connectivity index (χ0n) is 15.8. The Kier molecular flexibility index (Phi) is 5.07. The highest BCUT2D eigenvalue weighted by atomic mass is 19.1. The predicted octanol–water partition coefficient (Wildman–Crippen LogP) is 4.82. The van der Waals surface area contributed by atoms with Gasteiger partial charge in [0.2, 0.25) is 0 Å². The third-order valence-electron chi connectivity index (χ3n) is 4.62. The Morgan fingerprint density at radius 2 is 1.81 bits per heavy atom. The van der Waals surface area contributed by atoms with Gasteiger partial charge in [0.05, 0.1) is 11.2 Å². The Morgan fingerprint density at radius 3 is 2.46 bits per heavy atom. The number of aromatic nitrogens is 2. The molecule has 4 nitrogen and oxygen atoms in total. The minimum Gasteiger partial charge on any atom is -0.384 e. The maximum atomic E-state index is 13.7. The van der Waals surface area contributed by atoms with Crippen LogP contribution >= 0.6 is 0 Å². The number of halogens is 1. The van der Waals surface area contributed by atoms with Gasteiger partial charge in [-0.15, -0.1) is 0 Å². The number of nitrogens with two attached hydrogens (primary N) is 1. The van der Waals surface area contributed by atoms with Crippen molar-refractivity contribution in [3.63, 3.8) is 0 Å². The lowest BCUT2D eigenvalue weighted by Crippen LogP contribution is -2.31. The third kappa shape index (κ3) is 3.34. The van der Waals surface area contributed by atoms with Crippen molar-refractivity contribution >= 4 is 22.5 Å². The molecule has 0 aliphatic heterocycles. The van der Waals surface area contributed by atoms with E-state index >= 15 is 0 Å². The fraction of sp³-hybridized carbons (Fsp3) is 0.333. The van der Waals surface area contributed by atoms with Crippen molar-refractivity contribution in [3.8, 4) is 11.1 Å². The van der Waals surface area contributed by atoms with Crippen molar-refractivity contribution in [1.82, 2.24) is 9.97 Å². The summed E-state index contributed by atoms with van der Waals surface area (Å²) in [6.07, 6.45) is 0.773. The molecule has 5 heteroatoms. The standard InChI is InChI=1S/C21H25FN4/c1-5-18-16(9-10-20(23)24-18)17-11-14-7-8-15(22)12-19(14)25-21(17)26(6-2)13(3)4/h7-13H,5-6H2,1-4H3,(H2,23,24). The second-order valence-electron chi connectivity index (χ2n) is 6.66. The fourth-order valence-corrected chi connectivity index (χ4v) is 3.34. The first kappa shape index (κ1) is 18.1. The minimum atomic E-state index is -0.278. The first-order valence-electron chi connectivity index (χ1n) is 9.07. The summed E-state index contributed by atoms with van der Waals surface area (Å²) in [4.78, 5) is 11.6. The van der Waals surface area contributed by atoms with Crippen LogP contribution in [-0.2, 0) is 6.42 Å². The second-order valence-corrected chi connectivity index (χ2v) is 6.66. The molecule has 2 aromatic heterocycles. The van der Waals surface area contributed by atoms with Gasteiger partial charge < -0.3 is 10.6 Å². The first-order valence-corrected chi connectivity index (χ1v) is 9.07. The lowest BCUT2D eigenvalue weighted by Gasteiger charge is -2.29. The molecule has 136 valence electrons. The molecule has 26 heavy (non-hydrogen) atoms. The van der Waals surface area contributed by atoms with Gasteiger partial charge in [-0.25, -0.2) is 14.4 Å². The molecule has 0 bridgehead atoms. The molecule has 0 spiro atoms. The topological polar surface area (TPSA) is 55.0 Å². The van der Waals surface area contributed by atoms with Crippen LogP contribution in [0.25, 0.3) is 22.0 Å². The molecule has 2 N–H and O–H groups in total. The summed E-state index contributed by atoms with van der Waals surface area (Å²) in [7, 11) is 0. The summed E-state index contributed by atoms with van der Waals surface area (Å²) in [6, 6.07) is 10.9. The number of benzene rings is 1. The van der Waals surface area contributed by atoms with E-state index in [9.17, 15) is 4.39 Å². The maximum absolute atomic E-state index is 13.7. The van der Waals surface area contributed by atoms with Crippen molar-refractivity contribution in [1.29, 1.82) is 0 Å². The number of pyridine rings is 2. The molecule has 2 heterocycles. The van der Waals surface area contributed by atoms with Gasteiger partial charge in [-0.2, -0.15) is 0 Å². The highest BCUT2D eigenvalue weighted by Crippen LogP contribution is 2.35. The van der Waals surface area contributed by atoms with Gasteiger partial charge in [0, 0.05) is 35.2 Å². The number of hydrogen-bond donors (Lipinski definition) is 1. The van der Waals surface area contributed by atoms with E-state index in [2.05, 4.69) is 43.6 Å². The van der Waals surface area contributed by atoms with Crippen LogP contribution in [0.2, 0.25) is 0 Å². The molecule has 0 amide bonds. The summed E-state index contributed by atoms with van der Waals surface area (Å²) in [6.45, 7) is 9.24. The Bertz CT molecular complexity index is 937. The SMILES string of the molecule is CCc1nc(N)ccc1-c1cc2ccc(F)cc2nc1N(CC)C(C)C. The highest BCUT2D eigenvalue weighted by molar-refractivity contribution is 5.90. The van der Waals surface area contributed by atoms with E-state index < -0.39 is 0 Å². The van der Waals surface area contributed by atoms with Crippen molar-refractivity contribution in [2.75, 3.05) is 17.2 Å². The average molecular weight is 352 g/mol. The molecule has 0 aliphatic carbocycles. The highest BCUT2D eigenvalue weighted by Gasteiger charge is 2.19. The minimum absolute atomic E-state index is 0.268. The molecule has 3 aromatic rings. The van der Waals surface area contributed by atoms with E-state index in [-0.39, 0.29) is 11.9 Å². The number of hydrogen-bond acceptors (Lipinski definition) is 4. The molecule has 0 atom stereocenters. The summed E-state index contributed by atoms with van der Waals surface area (Å²) in [5.41, 5.74) is 9.50. The van der Waals surface area contributed by atoms with Gasteiger partial charge in [-0.3, -0.25) is 0 Å². The van der Waals surface area contributed by atoms with Crippen LogP contribution in [-0.4, -0.2) is 22.6 Å². The molecule has 0 aliphatic rings. The van der Waals surface area contributed by atoms with Gasteiger partial charge in [0.1, 0.15) is 17.5 Å². The lowest BCUT2D eigenvalue weighted by atomic mass is 10.00. The summed E-state index contributed by atoms with van der Waals surface area (Å²) in [5.74, 6) is 1.08. The fourth-order valence-electron chi connectivity index (χ4n) is 3.34. The van der Waals surface area contributed by atoms with Crippen LogP contribution in [0.1, 0.15) is 33.4 Å². The Morgan fingerprint density at radius 1 is 1.04 bits per heavy atom. The van der Waals surface area contributed by atoms with Crippen molar-refractivity contribution in [2.24, 2.45) is 0 Å². The van der Waals surface area contributed by atoms with Gasteiger partial charge in [0.15, 0.2) is 0 Å². The Balaban J connectivity index is 2.33. The third-order valence-corrected chi connectivity index (χ3v) is 4.62. The number of rotatable bonds is 5. The van der Waals surface area contributed by atoms with E-state index in [4.69, 9.17) is 10.7 Å².